The molecule has 0 radical (unpaired) electrons. The highest BCUT2D eigenvalue weighted by molar-refractivity contribution is 4.51. The minimum atomic E-state index is 0. The summed E-state index contributed by atoms with van der Waals surface area (Å²) in [7, 11) is 0. The van der Waals surface area contributed by atoms with Gasteiger partial charge in [0.1, 0.15) is 4.98 Å². The molecule has 3 heteroatoms. The van der Waals surface area contributed by atoms with E-state index in [1.54, 1.807) is 0 Å². The molecule has 8 heavy (non-hydrogen) atoms. The number of rotatable bonds is 3. The fraction of sp³-hybridized carbons (Fsp3) is 1.00. The van der Waals surface area contributed by atoms with Gasteiger partial charge in [-0.2, -0.15) is 0 Å². The van der Waals surface area contributed by atoms with Crippen LogP contribution in [0.5, 0.6) is 0 Å². The normalized spacial score (nSPS) is 7.00. The van der Waals surface area contributed by atoms with Gasteiger partial charge in [-0.25, -0.2) is 0 Å². The molecule has 0 aliphatic heterocycles. The molecule has 0 saturated heterocycles. The number of unbranched alkanes of at least 4 members (excludes halogenated alkanes) is 2. The second-order valence-electron chi connectivity index (χ2n) is 1.57. The van der Waals surface area contributed by atoms with E-state index < -0.39 is 0 Å². The van der Waals surface area contributed by atoms with Crippen molar-refractivity contribution in [3.8, 4) is 0 Å². The van der Waals surface area contributed by atoms with Gasteiger partial charge in [0.25, 0.3) is 0 Å². The van der Waals surface area contributed by atoms with Crippen LogP contribution < -0.4 is 4.70 Å². The Morgan fingerprint density at radius 2 is 2.00 bits per heavy atom. The van der Waals surface area contributed by atoms with Gasteiger partial charge in [0.05, 0.1) is 0 Å². The summed E-state index contributed by atoms with van der Waals surface area (Å²) in [4.78, 5) is 2.97. The minimum absolute atomic E-state index is 0. The van der Waals surface area contributed by atoms with Crippen molar-refractivity contribution >= 4 is 0 Å². The first kappa shape index (κ1) is 10.4. The summed E-state index contributed by atoms with van der Waals surface area (Å²) < 4.78 is 0. The lowest BCUT2D eigenvalue weighted by molar-refractivity contribution is -0.00000186. The molecule has 0 bridgehead atoms. The molecule has 0 heterocycles. The summed E-state index contributed by atoms with van der Waals surface area (Å²) >= 11 is 0. The van der Waals surface area contributed by atoms with Gasteiger partial charge < -0.3 is 4.70 Å². The average molecular weight is 118 g/mol. The molecule has 0 aromatic rings. The summed E-state index contributed by atoms with van der Waals surface area (Å²) in [5.74, 6) is 0. The van der Waals surface area contributed by atoms with E-state index in [-0.39, 0.29) is 4.70 Å². The number of hydrogen-bond donors (Lipinski definition) is 0. The van der Waals surface area contributed by atoms with Crippen LogP contribution in [0.4, 0.5) is 0 Å². The standard InChI is InChI=1S/C5H11N2.FH/c1-2-3-4-5-7-6;/h2-5H2,1H3;1H/q+1;/p-1. The van der Waals surface area contributed by atoms with Gasteiger partial charge in [-0.3, -0.25) is 0 Å². The zero-order valence-electron chi connectivity index (χ0n) is 5.10. The molecule has 0 aliphatic carbocycles. The molecule has 0 fully saturated rings. The van der Waals surface area contributed by atoms with E-state index in [9.17, 15) is 0 Å². The van der Waals surface area contributed by atoms with E-state index in [1.807, 2.05) is 0 Å². The Morgan fingerprint density at radius 1 is 1.38 bits per heavy atom. The van der Waals surface area contributed by atoms with Crippen LogP contribution in [-0.2, 0) is 0 Å². The fourth-order valence-corrected chi connectivity index (χ4v) is 0.433. The monoisotopic (exact) mass is 118 g/mol. The Balaban J connectivity index is 0. The third-order valence-electron chi connectivity index (χ3n) is 0.862. The molecule has 0 atom stereocenters. The lowest BCUT2D eigenvalue weighted by atomic mass is 10.3. The van der Waals surface area contributed by atoms with E-state index >= 15 is 0 Å². The Kier molecular flexibility index (Phi) is 12.4. The van der Waals surface area contributed by atoms with Crippen molar-refractivity contribution in [2.24, 2.45) is 0 Å². The molecule has 0 aliphatic rings. The topological polar surface area (TPSA) is 28.1 Å². The third-order valence-corrected chi connectivity index (χ3v) is 0.862. The van der Waals surface area contributed by atoms with E-state index in [0.29, 0.717) is 6.54 Å². The van der Waals surface area contributed by atoms with Gasteiger partial charge in [-0.15, -0.1) is 0 Å². The van der Waals surface area contributed by atoms with E-state index in [1.165, 1.54) is 12.8 Å². The minimum Gasteiger partial charge on any atom is -1.00 e. The molecule has 2 nitrogen and oxygen atoms in total. The van der Waals surface area contributed by atoms with Gasteiger partial charge in [0, 0.05) is 6.42 Å². The summed E-state index contributed by atoms with van der Waals surface area (Å²) in [6.07, 6.45) is 3.38. The quantitative estimate of drug-likeness (QED) is 0.346. The molecule has 0 amide bonds. The first-order valence-corrected chi connectivity index (χ1v) is 2.72. The highest BCUT2D eigenvalue weighted by Gasteiger charge is 1.89. The predicted octanol–water partition coefficient (Wildman–Crippen LogP) is -0.966. The van der Waals surface area contributed by atoms with Crippen LogP contribution in [0.3, 0.4) is 0 Å². The second kappa shape index (κ2) is 9.61. The fourth-order valence-electron chi connectivity index (χ4n) is 0.433. The van der Waals surface area contributed by atoms with Gasteiger partial charge in [0.2, 0.25) is 5.39 Å². The highest BCUT2D eigenvalue weighted by atomic mass is 19.0. The Hall–Kier alpha value is -0.650. The molecule has 48 valence electrons. The van der Waals surface area contributed by atoms with Crippen molar-refractivity contribution in [2.45, 2.75) is 26.2 Å². The summed E-state index contributed by atoms with van der Waals surface area (Å²) in [6.45, 7) is 2.73. The molecule has 0 unspecified atom stereocenters. The van der Waals surface area contributed by atoms with Crippen LogP contribution in [0.25, 0.3) is 4.98 Å². The molecule has 0 rings (SSSR count). The van der Waals surface area contributed by atoms with Crippen molar-refractivity contribution in [3.63, 3.8) is 0 Å². The van der Waals surface area contributed by atoms with Crippen LogP contribution in [-0.4, -0.2) is 6.54 Å². The van der Waals surface area contributed by atoms with Crippen LogP contribution in [0.1, 0.15) is 26.2 Å². The van der Waals surface area contributed by atoms with Crippen molar-refractivity contribution in [2.75, 3.05) is 6.54 Å². The third kappa shape index (κ3) is 9.02. The molecule has 0 spiro atoms. The van der Waals surface area contributed by atoms with Crippen molar-refractivity contribution in [3.05, 3.63) is 4.98 Å². The number of diazo groups is 1. The maximum atomic E-state index is 7.92. The zero-order valence-corrected chi connectivity index (χ0v) is 5.10. The first-order chi connectivity index (χ1) is 3.41. The smallest absolute Gasteiger partial charge is 0.305 e. The lowest BCUT2D eigenvalue weighted by Crippen LogP contribution is -3.00. The van der Waals surface area contributed by atoms with Gasteiger partial charge in [0.15, 0.2) is 0 Å². The van der Waals surface area contributed by atoms with Crippen LogP contribution in [0, 0.1) is 5.39 Å². The first-order valence-electron chi connectivity index (χ1n) is 2.72. The van der Waals surface area contributed by atoms with Crippen LogP contribution >= 0.6 is 0 Å². The molecule has 0 saturated carbocycles. The lowest BCUT2D eigenvalue weighted by Gasteiger charge is -1.78. The summed E-state index contributed by atoms with van der Waals surface area (Å²) in [5.41, 5.74) is 0. The number of nitrogens with zero attached hydrogens (tertiary/aromatic N) is 2. The molecular formula is C5H11FN2. The van der Waals surface area contributed by atoms with Crippen molar-refractivity contribution in [1.29, 1.82) is 5.39 Å². The Bertz CT molecular complexity index is 67.3. The maximum Gasteiger partial charge on any atom is 0.305 e. The molecule has 0 aromatic carbocycles. The van der Waals surface area contributed by atoms with Crippen LogP contribution in [0.15, 0.2) is 0 Å². The number of halogens is 1. The summed E-state index contributed by atoms with van der Waals surface area (Å²) in [5, 5.41) is 7.92. The van der Waals surface area contributed by atoms with Gasteiger partial charge in [-0.05, 0) is 6.42 Å². The second-order valence-corrected chi connectivity index (χ2v) is 1.57. The highest BCUT2D eigenvalue weighted by Crippen LogP contribution is 1.92. The molecule has 0 N–H and O–H groups in total. The maximum absolute atomic E-state index is 7.92. The predicted molar refractivity (Wildman–Crippen MR) is 29.5 cm³/mol. The van der Waals surface area contributed by atoms with E-state index in [4.69, 9.17) is 5.39 Å². The Labute approximate surface area is 48.9 Å². The van der Waals surface area contributed by atoms with Gasteiger partial charge >= 0.3 is 6.54 Å². The average Bonchev–Trinajstić information content (AvgIpc) is 1.69. The van der Waals surface area contributed by atoms with Crippen molar-refractivity contribution < 1.29 is 4.70 Å². The van der Waals surface area contributed by atoms with E-state index in [0.717, 1.165) is 6.42 Å². The Morgan fingerprint density at radius 3 is 2.38 bits per heavy atom. The molecular weight excluding hydrogens is 107 g/mol. The summed E-state index contributed by atoms with van der Waals surface area (Å²) in [6, 6.07) is 0. The van der Waals surface area contributed by atoms with Gasteiger partial charge in [-0.1, -0.05) is 13.3 Å². The molecule has 0 aromatic heterocycles. The van der Waals surface area contributed by atoms with Crippen LogP contribution in [0.2, 0.25) is 0 Å². The number of hydrogen-bond acceptors (Lipinski definition) is 1. The zero-order chi connectivity index (χ0) is 5.54. The largest absolute Gasteiger partial charge is 1.00 e. The SMILES string of the molecule is CCCCC[N+]#N.[F-]. The van der Waals surface area contributed by atoms with E-state index in [2.05, 4.69) is 11.9 Å². The van der Waals surface area contributed by atoms with Crippen molar-refractivity contribution in [1.82, 2.24) is 0 Å².